The standard InChI is InChI=1S/C37H36BrNO5S.2C2H6/c1-37(2,3)44-36(40)39-21-19-30(20-22-39)42-28-13-15-29(16-14-28)43-34-32-18-17-31(41-24-25-7-5-4-6-8-25)23-33(32)45-35(34)26-9-11-27(38)12-10-26;2*1-2/h4-18,23,30H,19-22,24H2,1-3H3;2*1-2H3. The molecule has 1 amide bonds. The van der Waals surface area contributed by atoms with Crippen molar-refractivity contribution in [2.45, 2.75) is 79.6 Å². The number of rotatable bonds is 8. The Morgan fingerprint density at radius 1 is 0.816 bits per heavy atom. The van der Waals surface area contributed by atoms with E-state index in [1.165, 1.54) is 0 Å². The lowest BCUT2D eigenvalue weighted by Crippen LogP contribution is -2.44. The molecule has 1 aliphatic heterocycles. The molecule has 0 aliphatic carbocycles. The molecule has 1 saturated heterocycles. The molecule has 0 spiro atoms. The molecule has 2 heterocycles. The molecule has 0 saturated carbocycles. The number of piperidine rings is 1. The molecule has 6 rings (SSSR count). The number of halogens is 1. The number of carbonyl (C=O) groups excluding carboxylic acids is 1. The molecular weight excluding hydrogens is 698 g/mol. The predicted molar refractivity (Wildman–Crippen MR) is 206 cm³/mol. The Balaban J connectivity index is 0.00000130. The third-order valence-electron chi connectivity index (χ3n) is 7.41. The number of likely N-dealkylation sites (tertiary alicyclic amines) is 1. The number of hydrogen-bond acceptors (Lipinski definition) is 6. The number of hydrogen-bond donors (Lipinski definition) is 0. The minimum absolute atomic E-state index is 0.0404. The van der Waals surface area contributed by atoms with Gasteiger partial charge in [-0.3, -0.25) is 0 Å². The van der Waals surface area contributed by atoms with Crippen LogP contribution in [0.1, 0.15) is 66.9 Å². The van der Waals surface area contributed by atoms with Gasteiger partial charge in [0.1, 0.15) is 35.6 Å². The van der Waals surface area contributed by atoms with Crippen molar-refractivity contribution in [1.82, 2.24) is 4.90 Å². The molecule has 0 bridgehead atoms. The molecule has 0 N–H and O–H groups in total. The fourth-order valence-electron chi connectivity index (χ4n) is 5.16. The van der Waals surface area contributed by atoms with Crippen LogP contribution in [-0.2, 0) is 11.3 Å². The van der Waals surface area contributed by atoms with E-state index >= 15 is 0 Å². The molecule has 49 heavy (non-hydrogen) atoms. The van der Waals surface area contributed by atoms with Gasteiger partial charge in [0.25, 0.3) is 0 Å². The van der Waals surface area contributed by atoms with Crippen molar-refractivity contribution < 1.29 is 23.7 Å². The lowest BCUT2D eigenvalue weighted by atomic mass is 10.1. The van der Waals surface area contributed by atoms with Crippen molar-refractivity contribution in [3.8, 4) is 33.4 Å². The van der Waals surface area contributed by atoms with Crippen LogP contribution in [0.4, 0.5) is 4.79 Å². The molecule has 1 aromatic heterocycles. The van der Waals surface area contributed by atoms with Gasteiger partial charge >= 0.3 is 6.09 Å². The molecule has 5 aromatic rings. The van der Waals surface area contributed by atoms with Gasteiger partial charge in [-0.25, -0.2) is 4.79 Å². The van der Waals surface area contributed by atoms with Crippen molar-refractivity contribution in [2.24, 2.45) is 0 Å². The van der Waals surface area contributed by atoms with Gasteiger partial charge in [-0.05, 0) is 86.5 Å². The largest absolute Gasteiger partial charge is 0.490 e. The quantitative estimate of drug-likeness (QED) is 0.158. The van der Waals surface area contributed by atoms with E-state index in [1.807, 2.05) is 109 Å². The van der Waals surface area contributed by atoms with Crippen molar-refractivity contribution in [3.63, 3.8) is 0 Å². The molecular formula is C41H48BrNO5S. The van der Waals surface area contributed by atoms with Gasteiger partial charge in [-0.2, -0.15) is 0 Å². The number of amides is 1. The Morgan fingerprint density at radius 2 is 1.43 bits per heavy atom. The zero-order chi connectivity index (χ0) is 35.4. The van der Waals surface area contributed by atoms with Gasteiger partial charge in [0.15, 0.2) is 5.75 Å². The molecule has 1 fully saturated rings. The van der Waals surface area contributed by atoms with Crippen LogP contribution in [0.15, 0.2) is 102 Å². The van der Waals surface area contributed by atoms with Crippen molar-refractivity contribution in [3.05, 3.63) is 107 Å². The van der Waals surface area contributed by atoms with Crippen LogP contribution in [-0.4, -0.2) is 35.8 Å². The number of fused-ring (bicyclic) bond motifs is 1. The highest BCUT2D eigenvalue weighted by Gasteiger charge is 2.27. The normalized spacial score (nSPS) is 13.0. The highest BCUT2D eigenvalue weighted by molar-refractivity contribution is 9.10. The number of benzene rings is 4. The second-order valence-corrected chi connectivity index (χ2v) is 14.0. The van der Waals surface area contributed by atoms with Gasteiger partial charge in [0.05, 0.1) is 4.88 Å². The summed E-state index contributed by atoms with van der Waals surface area (Å²) in [6.07, 6.45) is 1.29. The van der Waals surface area contributed by atoms with E-state index in [-0.39, 0.29) is 12.2 Å². The topological polar surface area (TPSA) is 57.2 Å². The minimum atomic E-state index is -0.498. The summed E-state index contributed by atoms with van der Waals surface area (Å²) in [6.45, 7) is 15.4. The summed E-state index contributed by atoms with van der Waals surface area (Å²) in [5, 5.41) is 1.03. The highest BCUT2D eigenvalue weighted by Crippen LogP contribution is 2.47. The summed E-state index contributed by atoms with van der Waals surface area (Å²) >= 11 is 5.24. The van der Waals surface area contributed by atoms with Crippen LogP contribution in [0.2, 0.25) is 0 Å². The third kappa shape index (κ3) is 10.7. The fourth-order valence-corrected chi connectivity index (χ4v) is 6.58. The fraction of sp³-hybridized carbons (Fsp3) is 0.341. The highest BCUT2D eigenvalue weighted by atomic mass is 79.9. The molecule has 1 aliphatic rings. The monoisotopic (exact) mass is 745 g/mol. The first-order valence-corrected chi connectivity index (χ1v) is 18.7. The first-order valence-electron chi connectivity index (χ1n) is 17.1. The van der Waals surface area contributed by atoms with Gasteiger partial charge in [0.2, 0.25) is 0 Å². The van der Waals surface area contributed by atoms with Gasteiger partial charge in [-0.1, -0.05) is 86.1 Å². The van der Waals surface area contributed by atoms with E-state index in [0.29, 0.717) is 19.7 Å². The van der Waals surface area contributed by atoms with Crippen LogP contribution < -0.4 is 14.2 Å². The van der Waals surface area contributed by atoms with Gasteiger partial charge in [0, 0.05) is 40.5 Å². The molecule has 0 atom stereocenters. The minimum Gasteiger partial charge on any atom is -0.490 e. The van der Waals surface area contributed by atoms with E-state index in [1.54, 1.807) is 16.2 Å². The Kier molecular flexibility index (Phi) is 14.0. The SMILES string of the molecule is CC.CC.CC(C)(C)OC(=O)N1CCC(Oc2ccc(Oc3c(-c4ccc(Br)cc4)sc4cc(OCc5ccccc5)ccc34)cc2)CC1. The van der Waals surface area contributed by atoms with Crippen molar-refractivity contribution >= 4 is 43.4 Å². The van der Waals surface area contributed by atoms with E-state index in [9.17, 15) is 4.79 Å². The smallest absolute Gasteiger partial charge is 0.410 e. The number of ether oxygens (including phenoxy) is 4. The average molecular weight is 747 g/mol. The molecule has 0 unspecified atom stereocenters. The van der Waals surface area contributed by atoms with Gasteiger partial charge < -0.3 is 23.8 Å². The maximum atomic E-state index is 12.4. The van der Waals surface area contributed by atoms with Crippen LogP contribution >= 0.6 is 27.3 Å². The number of nitrogens with zero attached hydrogens (tertiary/aromatic N) is 1. The second kappa shape index (κ2) is 18.1. The summed E-state index contributed by atoms with van der Waals surface area (Å²) in [4.78, 5) is 15.2. The maximum absolute atomic E-state index is 12.4. The van der Waals surface area contributed by atoms with Gasteiger partial charge in [-0.15, -0.1) is 11.3 Å². The maximum Gasteiger partial charge on any atom is 0.410 e. The average Bonchev–Trinajstić information content (AvgIpc) is 3.47. The first-order chi connectivity index (χ1) is 23.7. The summed E-state index contributed by atoms with van der Waals surface area (Å²) in [7, 11) is 0. The summed E-state index contributed by atoms with van der Waals surface area (Å²) in [5.41, 5.74) is 1.71. The summed E-state index contributed by atoms with van der Waals surface area (Å²) < 4.78 is 26.6. The van der Waals surface area contributed by atoms with Crippen LogP contribution in [0, 0.1) is 0 Å². The lowest BCUT2D eigenvalue weighted by molar-refractivity contribution is 0.0126. The Bertz CT molecular complexity index is 1740. The van der Waals surface area contributed by atoms with E-state index < -0.39 is 5.60 Å². The zero-order valence-electron chi connectivity index (χ0n) is 29.6. The Labute approximate surface area is 304 Å². The van der Waals surface area contributed by atoms with Crippen LogP contribution in [0.25, 0.3) is 20.5 Å². The molecule has 260 valence electrons. The molecule has 4 aromatic carbocycles. The zero-order valence-corrected chi connectivity index (χ0v) is 32.0. The molecule has 8 heteroatoms. The number of thiophene rings is 1. The first kappa shape index (κ1) is 37.8. The van der Waals surface area contributed by atoms with Crippen LogP contribution in [0.3, 0.4) is 0 Å². The molecule has 0 radical (unpaired) electrons. The summed E-state index contributed by atoms with van der Waals surface area (Å²) in [5.74, 6) is 3.14. The Hall–Kier alpha value is -4.01. The van der Waals surface area contributed by atoms with Crippen molar-refractivity contribution in [1.29, 1.82) is 0 Å². The number of carbonyl (C=O) groups is 1. The van der Waals surface area contributed by atoms with Crippen LogP contribution in [0.5, 0.6) is 23.0 Å². The van der Waals surface area contributed by atoms with E-state index in [2.05, 4.69) is 52.3 Å². The Morgan fingerprint density at radius 3 is 2.06 bits per heavy atom. The van der Waals surface area contributed by atoms with E-state index in [4.69, 9.17) is 18.9 Å². The predicted octanol–water partition coefficient (Wildman–Crippen LogP) is 12.5. The van der Waals surface area contributed by atoms with Crippen molar-refractivity contribution in [2.75, 3.05) is 13.1 Å². The van der Waals surface area contributed by atoms with E-state index in [0.717, 1.165) is 66.4 Å². The molecule has 6 nitrogen and oxygen atoms in total. The summed E-state index contributed by atoms with van der Waals surface area (Å²) in [6, 6.07) is 32.4. The lowest BCUT2D eigenvalue weighted by Gasteiger charge is -2.33. The third-order valence-corrected chi connectivity index (χ3v) is 9.12. The second-order valence-electron chi connectivity index (χ2n) is 12.1.